The van der Waals surface area contributed by atoms with E-state index in [1.807, 2.05) is 6.07 Å². The number of rotatable bonds is 5. The lowest BCUT2D eigenvalue weighted by molar-refractivity contribution is -0.420. The molecule has 1 aromatic carbocycles. The van der Waals surface area contributed by atoms with Crippen LogP contribution in [0.3, 0.4) is 0 Å². The van der Waals surface area contributed by atoms with E-state index in [4.69, 9.17) is 23.2 Å². The maximum absolute atomic E-state index is 11.0. The average Bonchev–Trinajstić information content (AvgIpc) is 3.12. The summed E-state index contributed by atoms with van der Waals surface area (Å²) in [7, 11) is 0. The van der Waals surface area contributed by atoms with Gasteiger partial charge in [-0.1, -0.05) is 29.8 Å². The summed E-state index contributed by atoms with van der Waals surface area (Å²) in [6, 6.07) is 8.34. The van der Waals surface area contributed by atoms with Gasteiger partial charge in [0.1, 0.15) is 10.9 Å². The molecule has 148 valence electrons. The summed E-state index contributed by atoms with van der Waals surface area (Å²) in [5.74, 6) is 1.10. The fourth-order valence-electron chi connectivity index (χ4n) is 3.73. The van der Waals surface area contributed by atoms with Crippen LogP contribution in [-0.4, -0.2) is 52.3 Å². The Hall–Kier alpha value is -1.67. The summed E-state index contributed by atoms with van der Waals surface area (Å²) < 4.78 is 5.87. The molecule has 0 bridgehead atoms. The monoisotopic (exact) mass is 438 g/mol. The number of benzene rings is 1. The van der Waals surface area contributed by atoms with Gasteiger partial charge in [0.2, 0.25) is 0 Å². The summed E-state index contributed by atoms with van der Waals surface area (Å²) >= 11 is 13.9. The van der Waals surface area contributed by atoms with Gasteiger partial charge in [-0.15, -0.1) is 11.6 Å². The van der Waals surface area contributed by atoms with Crippen LogP contribution in [0.2, 0.25) is 0 Å². The lowest BCUT2D eigenvalue weighted by atomic mass is 9.95. The molecular formula is C19H20Cl2N4O2S. The van der Waals surface area contributed by atoms with Crippen molar-refractivity contribution in [1.82, 2.24) is 9.27 Å². The van der Waals surface area contributed by atoms with Gasteiger partial charge in [-0.2, -0.15) is 4.37 Å². The second-order valence-corrected chi connectivity index (χ2v) is 8.77. The molecule has 1 aliphatic carbocycles. The van der Waals surface area contributed by atoms with Crippen LogP contribution in [0.1, 0.15) is 6.42 Å². The summed E-state index contributed by atoms with van der Waals surface area (Å²) in [4.78, 5) is 15.2. The Balaban J connectivity index is 1.31. The molecule has 1 aliphatic heterocycles. The fourth-order valence-corrected chi connectivity index (χ4v) is 5.13. The number of allylic oxidation sites excluding steroid dienone is 3. The molecular weight excluding hydrogens is 419 g/mol. The minimum Gasteiger partial charge on any atom is -0.353 e. The van der Waals surface area contributed by atoms with E-state index in [0.29, 0.717) is 0 Å². The number of nitrogens with zero attached hydrogens (tertiary/aromatic N) is 4. The number of hydrogen-bond acceptors (Lipinski definition) is 6. The van der Waals surface area contributed by atoms with Crippen molar-refractivity contribution in [2.24, 2.45) is 5.92 Å². The topological polar surface area (TPSA) is 62.5 Å². The molecule has 2 heterocycles. The smallest absolute Gasteiger partial charge is 0.285 e. The van der Waals surface area contributed by atoms with Crippen molar-refractivity contribution in [2.45, 2.75) is 11.8 Å². The summed E-state index contributed by atoms with van der Waals surface area (Å²) in [5, 5.41) is 12.0. The zero-order valence-electron chi connectivity index (χ0n) is 15.1. The first-order valence-corrected chi connectivity index (χ1v) is 10.8. The Morgan fingerprint density at radius 1 is 1.21 bits per heavy atom. The van der Waals surface area contributed by atoms with Crippen molar-refractivity contribution in [2.75, 3.05) is 37.6 Å². The Morgan fingerprint density at radius 3 is 2.71 bits per heavy atom. The largest absolute Gasteiger partial charge is 0.353 e. The molecule has 0 amide bonds. The Kier molecular flexibility index (Phi) is 5.87. The Morgan fingerprint density at radius 2 is 1.96 bits per heavy atom. The van der Waals surface area contributed by atoms with Gasteiger partial charge >= 0.3 is 0 Å². The Labute approximate surface area is 177 Å². The van der Waals surface area contributed by atoms with Crippen molar-refractivity contribution in [1.29, 1.82) is 0 Å². The van der Waals surface area contributed by atoms with E-state index in [1.165, 1.54) is 16.2 Å². The molecule has 1 fully saturated rings. The number of nitro groups is 1. The molecule has 2 unspecified atom stereocenters. The van der Waals surface area contributed by atoms with Crippen LogP contribution in [0.4, 0.5) is 5.82 Å². The van der Waals surface area contributed by atoms with Crippen LogP contribution in [0.25, 0.3) is 10.1 Å². The predicted octanol–water partition coefficient (Wildman–Crippen LogP) is 4.33. The minimum absolute atomic E-state index is 0.0124. The average molecular weight is 439 g/mol. The quantitative estimate of drug-likeness (QED) is 0.394. The summed E-state index contributed by atoms with van der Waals surface area (Å²) in [5.41, 5.74) is -0.0954. The van der Waals surface area contributed by atoms with Gasteiger partial charge in [0.15, 0.2) is 0 Å². The SMILES string of the molecule is O=[N+]([O-])C1=CC(Cl)C(CCN2CCN(c3nsc4ccccc34)CC2)C=C1Cl. The molecule has 6 nitrogen and oxygen atoms in total. The summed E-state index contributed by atoms with van der Waals surface area (Å²) in [6.45, 7) is 4.68. The van der Waals surface area contributed by atoms with Crippen molar-refractivity contribution < 1.29 is 4.92 Å². The highest BCUT2D eigenvalue weighted by atomic mass is 35.5. The van der Waals surface area contributed by atoms with E-state index in [-0.39, 0.29) is 16.6 Å². The number of halogens is 2. The standard InChI is InChI=1S/C19H20Cl2N4O2S/c20-15-12-17(25(26)27)16(21)11-13(15)5-6-23-7-9-24(10-8-23)19-14-3-1-2-4-18(14)28-22-19/h1-4,11-13,15H,5-10H2. The van der Waals surface area contributed by atoms with E-state index in [0.717, 1.165) is 45.0 Å². The van der Waals surface area contributed by atoms with Crippen LogP contribution in [0.15, 0.2) is 47.1 Å². The van der Waals surface area contributed by atoms with Gasteiger partial charge in [-0.05, 0) is 36.6 Å². The number of aromatic nitrogens is 1. The first-order chi connectivity index (χ1) is 13.5. The molecule has 0 radical (unpaired) electrons. The Bertz CT molecular complexity index is 937. The highest BCUT2D eigenvalue weighted by Crippen LogP contribution is 2.32. The van der Waals surface area contributed by atoms with Gasteiger partial charge in [0.25, 0.3) is 5.70 Å². The number of piperazine rings is 1. The van der Waals surface area contributed by atoms with Gasteiger partial charge in [0, 0.05) is 43.6 Å². The van der Waals surface area contributed by atoms with Crippen LogP contribution in [0.5, 0.6) is 0 Å². The normalized spacial score (nSPS) is 23.6. The molecule has 2 aliphatic rings. The minimum atomic E-state index is -0.480. The highest BCUT2D eigenvalue weighted by molar-refractivity contribution is 7.13. The van der Waals surface area contributed by atoms with Crippen LogP contribution in [0, 0.1) is 16.0 Å². The first kappa shape index (κ1) is 19.6. The zero-order valence-corrected chi connectivity index (χ0v) is 17.5. The van der Waals surface area contributed by atoms with E-state index < -0.39 is 10.3 Å². The third kappa shape index (κ3) is 4.03. The van der Waals surface area contributed by atoms with Crippen molar-refractivity contribution in [3.05, 3.63) is 57.3 Å². The van der Waals surface area contributed by atoms with Crippen LogP contribution < -0.4 is 4.90 Å². The van der Waals surface area contributed by atoms with Crippen molar-refractivity contribution in [3.8, 4) is 0 Å². The molecule has 1 aromatic heterocycles. The van der Waals surface area contributed by atoms with Gasteiger partial charge in [0.05, 0.1) is 15.0 Å². The second kappa shape index (κ2) is 8.37. The van der Waals surface area contributed by atoms with E-state index in [9.17, 15) is 10.1 Å². The maximum atomic E-state index is 11.0. The molecule has 9 heteroatoms. The van der Waals surface area contributed by atoms with Crippen molar-refractivity contribution in [3.63, 3.8) is 0 Å². The third-order valence-corrected chi connectivity index (χ3v) is 6.92. The molecule has 28 heavy (non-hydrogen) atoms. The van der Waals surface area contributed by atoms with Crippen molar-refractivity contribution >= 4 is 50.6 Å². The zero-order chi connectivity index (χ0) is 19.7. The molecule has 2 atom stereocenters. The molecule has 0 N–H and O–H groups in total. The fraction of sp³-hybridized carbons (Fsp3) is 0.421. The number of hydrogen-bond donors (Lipinski definition) is 0. The molecule has 0 spiro atoms. The molecule has 1 saturated heterocycles. The molecule has 0 saturated carbocycles. The third-order valence-electron chi connectivity index (χ3n) is 5.34. The summed E-state index contributed by atoms with van der Waals surface area (Å²) in [6.07, 6.45) is 4.01. The molecule has 4 rings (SSSR count). The van der Waals surface area contributed by atoms with E-state index in [1.54, 1.807) is 17.6 Å². The predicted molar refractivity (Wildman–Crippen MR) is 115 cm³/mol. The van der Waals surface area contributed by atoms with Gasteiger partial charge in [-0.3, -0.25) is 15.0 Å². The van der Waals surface area contributed by atoms with E-state index >= 15 is 0 Å². The number of fused-ring (bicyclic) bond motifs is 1. The highest BCUT2D eigenvalue weighted by Gasteiger charge is 2.29. The lowest BCUT2D eigenvalue weighted by Crippen LogP contribution is -2.47. The second-order valence-electron chi connectivity index (χ2n) is 7.05. The lowest BCUT2D eigenvalue weighted by Gasteiger charge is -2.35. The van der Waals surface area contributed by atoms with E-state index in [2.05, 4.69) is 32.4 Å². The maximum Gasteiger partial charge on any atom is 0.285 e. The van der Waals surface area contributed by atoms with Crippen LogP contribution >= 0.6 is 34.7 Å². The van der Waals surface area contributed by atoms with Gasteiger partial charge < -0.3 is 4.90 Å². The number of anilines is 1. The van der Waals surface area contributed by atoms with Crippen LogP contribution in [-0.2, 0) is 0 Å². The molecule has 2 aromatic rings. The number of alkyl halides is 1. The first-order valence-electron chi connectivity index (χ1n) is 9.22. The van der Waals surface area contributed by atoms with Gasteiger partial charge in [-0.25, -0.2) is 0 Å².